The molecule has 1 unspecified atom stereocenters. The van der Waals surface area contributed by atoms with Gasteiger partial charge in [-0.3, -0.25) is 4.79 Å². The molecular weight excluding hydrogens is 256 g/mol. The number of hydrogen-bond donors (Lipinski definition) is 1. The Balaban J connectivity index is 1.92. The van der Waals surface area contributed by atoms with Crippen LogP contribution in [0.4, 0.5) is 0 Å². The summed E-state index contributed by atoms with van der Waals surface area (Å²) in [5.74, 6) is 0.482. The Morgan fingerprint density at radius 1 is 1.50 bits per heavy atom. The molecule has 1 fully saturated rings. The number of aromatic nitrogens is 2. The van der Waals surface area contributed by atoms with Crippen molar-refractivity contribution in [3.8, 4) is 0 Å². The quantitative estimate of drug-likeness (QED) is 0.914. The standard InChI is InChI=1S/C15H22N2O3/c1-9(2)14-16-12-4-3-10(15(18)19)7-13(12)17(14)8-11-5-6-20-11/h9-11H,3-8H2,1-2H3,(H,18,19)/t10?,11-/m0/s1. The molecule has 1 N–H and O–H groups in total. The van der Waals surface area contributed by atoms with Gasteiger partial charge in [-0.1, -0.05) is 13.8 Å². The molecule has 1 saturated heterocycles. The topological polar surface area (TPSA) is 64.4 Å². The molecule has 1 aliphatic carbocycles. The van der Waals surface area contributed by atoms with Gasteiger partial charge in [0.1, 0.15) is 5.82 Å². The summed E-state index contributed by atoms with van der Waals surface area (Å²) in [5, 5.41) is 9.26. The van der Waals surface area contributed by atoms with Gasteiger partial charge in [0.05, 0.1) is 24.3 Å². The largest absolute Gasteiger partial charge is 0.481 e. The third kappa shape index (κ3) is 2.35. The van der Waals surface area contributed by atoms with Gasteiger partial charge >= 0.3 is 5.97 Å². The van der Waals surface area contributed by atoms with Gasteiger partial charge in [0.25, 0.3) is 0 Å². The van der Waals surface area contributed by atoms with E-state index in [0.29, 0.717) is 18.8 Å². The van der Waals surface area contributed by atoms with Gasteiger partial charge in [0, 0.05) is 24.6 Å². The number of aliphatic carboxylic acids is 1. The summed E-state index contributed by atoms with van der Waals surface area (Å²) in [4.78, 5) is 16.0. The Kier molecular flexibility index (Phi) is 3.54. The molecule has 0 amide bonds. The Morgan fingerprint density at radius 3 is 2.80 bits per heavy atom. The first-order chi connectivity index (χ1) is 9.56. The highest BCUT2D eigenvalue weighted by atomic mass is 16.5. The van der Waals surface area contributed by atoms with Crippen LogP contribution in [0.5, 0.6) is 0 Å². The van der Waals surface area contributed by atoms with E-state index >= 15 is 0 Å². The number of ether oxygens (including phenoxy) is 1. The normalized spacial score (nSPS) is 25.4. The van der Waals surface area contributed by atoms with Crippen LogP contribution in [-0.4, -0.2) is 33.3 Å². The van der Waals surface area contributed by atoms with E-state index in [2.05, 4.69) is 18.4 Å². The van der Waals surface area contributed by atoms with Gasteiger partial charge < -0.3 is 14.4 Å². The number of hydrogen-bond acceptors (Lipinski definition) is 3. The minimum absolute atomic E-state index is 0.264. The van der Waals surface area contributed by atoms with E-state index in [-0.39, 0.29) is 12.0 Å². The third-order valence-electron chi connectivity index (χ3n) is 4.40. The van der Waals surface area contributed by atoms with Gasteiger partial charge in [-0.05, 0) is 19.3 Å². The van der Waals surface area contributed by atoms with Crippen LogP contribution in [0.25, 0.3) is 0 Å². The molecule has 0 spiro atoms. The molecule has 2 aliphatic rings. The lowest BCUT2D eigenvalue weighted by molar-refractivity contribution is -0.142. The van der Waals surface area contributed by atoms with Gasteiger partial charge in [-0.15, -0.1) is 0 Å². The van der Waals surface area contributed by atoms with E-state index in [0.717, 1.165) is 43.2 Å². The molecule has 20 heavy (non-hydrogen) atoms. The van der Waals surface area contributed by atoms with E-state index < -0.39 is 5.97 Å². The fourth-order valence-electron chi connectivity index (χ4n) is 3.12. The van der Waals surface area contributed by atoms with Crippen LogP contribution in [-0.2, 0) is 28.9 Å². The van der Waals surface area contributed by atoms with Gasteiger partial charge in [-0.25, -0.2) is 4.98 Å². The molecule has 0 radical (unpaired) electrons. The molecular formula is C15H22N2O3. The molecule has 5 nitrogen and oxygen atoms in total. The van der Waals surface area contributed by atoms with Crippen LogP contribution in [0.15, 0.2) is 0 Å². The monoisotopic (exact) mass is 278 g/mol. The van der Waals surface area contributed by atoms with Crippen molar-refractivity contribution in [2.45, 2.75) is 58.1 Å². The molecule has 0 saturated carbocycles. The maximum Gasteiger partial charge on any atom is 0.306 e. The van der Waals surface area contributed by atoms with Crippen molar-refractivity contribution in [1.29, 1.82) is 0 Å². The molecule has 0 bridgehead atoms. The highest BCUT2D eigenvalue weighted by molar-refractivity contribution is 5.70. The summed E-state index contributed by atoms with van der Waals surface area (Å²) in [6, 6.07) is 0. The molecule has 3 rings (SSSR count). The Morgan fingerprint density at radius 2 is 2.25 bits per heavy atom. The molecule has 2 atom stereocenters. The summed E-state index contributed by atoms with van der Waals surface area (Å²) in [7, 11) is 0. The number of fused-ring (bicyclic) bond motifs is 1. The summed E-state index contributed by atoms with van der Waals surface area (Å²) >= 11 is 0. The first kappa shape index (κ1) is 13.6. The van der Waals surface area contributed by atoms with Crippen LogP contribution in [0.1, 0.15) is 49.8 Å². The van der Waals surface area contributed by atoms with Crippen molar-refractivity contribution in [2.24, 2.45) is 5.92 Å². The zero-order chi connectivity index (χ0) is 14.3. The summed E-state index contributed by atoms with van der Waals surface area (Å²) < 4.78 is 7.77. The molecule has 0 aromatic carbocycles. The predicted octanol–water partition coefficient (Wildman–Crippen LogP) is 1.98. The second kappa shape index (κ2) is 5.20. The number of carboxylic acid groups (broad SMARTS) is 1. The zero-order valence-corrected chi connectivity index (χ0v) is 12.1. The molecule has 110 valence electrons. The fourth-order valence-corrected chi connectivity index (χ4v) is 3.12. The van der Waals surface area contributed by atoms with Crippen molar-refractivity contribution < 1.29 is 14.6 Å². The van der Waals surface area contributed by atoms with Crippen molar-refractivity contribution in [3.63, 3.8) is 0 Å². The summed E-state index contributed by atoms with van der Waals surface area (Å²) in [6.07, 6.45) is 3.46. The maximum atomic E-state index is 11.3. The lowest BCUT2D eigenvalue weighted by atomic mass is 9.90. The number of imidazole rings is 1. The Hall–Kier alpha value is -1.36. The lowest BCUT2D eigenvalue weighted by Crippen LogP contribution is -2.33. The molecule has 2 heterocycles. The van der Waals surface area contributed by atoms with Crippen molar-refractivity contribution in [1.82, 2.24) is 9.55 Å². The van der Waals surface area contributed by atoms with Crippen molar-refractivity contribution in [3.05, 3.63) is 17.2 Å². The van der Waals surface area contributed by atoms with E-state index in [1.807, 2.05) is 0 Å². The number of carbonyl (C=O) groups is 1. The first-order valence-corrected chi connectivity index (χ1v) is 7.48. The number of rotatable bonds is 4. The second-order valence-corrected chi connectivity index (χ2v) is 6.19. The molecule has 1 aromatic rings. The van der Waals surface area contributed by atoms with Crippen LogP contribution < -0.4 is 0 Å². The average Bonchev–Trinajstić information content (AvgIpc) is 2.71. The van der Waals surface area contributed by atoms with Gasteiger partial charge in [-0.2, -0.15) is 0 Å². The highest BCUT2D eigenvalue weighted by Crippen LogP contribution is 2.30. The Labute approximate surface area is 119 Å². The zero-order valence-electron chi connectivity index (χ0n) is 12.1. The van der Waals surface area contributed by atoms with Crippen LogP contribution in [0.2, 0.25) is 0 Å². The van der Waals surface area contributed by atoms with Gasteiger partial charge in [0.2, 0.25) is 0 Å². The average molecular weight is 278 g/mol. The van der Waals surface area contributed by atoms with Crippen molar-refractivity contribution in [2.75, 3.05) is 6.61 Å². The maximum absolute atomic E-state index is 11.3. The highest BCUT2D eigenvalue weighted by Gasteiger charge is 2.31. The van der Waals surface area contributed by atoms with Gasteiger partial charge in [0.15, 0.2) is 0 Å². The van der Waals surface area contributed by atoms with Crippen molar-refractivity contribution >= 4 is 5.97 Å². The van der Waals surface area contributed by atoms with E-state index in [9.17, 15) is 9.90 Å². The van der Waals surface area contributed by atoms with E-state index in [4.69, 9.17) is 9.72 Å². The van der Waals surface area contributed by atoms with Crippen LogP contribution in [0, 0.1) is 5.92 Å². The molecule has 1 aliphatic heterocycles. The summed E-state index contributed by atoms with van der Waals surface area (Å²) in [5.41, 5.74) is 2.23. The number of nitrogens with zero attached hydrogens (tertiary/aromatic N) is 2. The first-order valence-electron chi connectivity index (χ1n) is 7.48. The van der Waals surface area contributed by atoms with E-state index in [1.165, 1.54) is 0 Å². The Bertz CT molecular complexity index is 517. The SMILES string of the molecule is CC(C)c1nc2c(n1C[C@@H]1CCO1)CC(C(=O)O)CC2. The number of aryl methyl sites for hydroxylation is 1. The second-order valence-electron chi connectivity index (χ2n) is 6.19. The van der Waals surface area contributed by atoms with Crippen LogP contribution >= 0.6 is 0 Å². The lowest BCUT2D eigenvalue weighted by Gasteiger charge is -2.29. The minimum Gasteiger partial charge on any atom is -0.481 e. The minimum atomic E-state index is -0.686. The number of carboxylic acids is 1. The third-order valence-corrected chi connectivity index (χ3v) is 4.40. The summed E-state index contributed by atoms with van der Waals surface area (Å²) in [6.45, 7) is 5.94. The fraction of sp³-hybridized carbons (Fsp3) is 0.733. The smallest absolute Gasteiger partial charge is 0.306 e. The molecule has 1 aromatic heterocycles. The van der Waals surface area contributed by atoms with Crippen LogP contribution in [0.3, 0.4) is 0 Å². The van der Waals surface area contributed by atoms with E-state index in [1.54, 1.807) is 0 Å². The molecule has 5 heteroatoms. The predicted molar refractivity (Wildman–Crippen MR) is 73.8 cm³/mol.